The number of para-hydroxylation sites is 1. The molecule has 1 aliphatic heterocycles. The van der Waals surface area contributed by atoms with E-state index in [0.717, 1.165) is 38.7 Å². The molecule has 34 heavy (non-hydrogen) atoms. The molecule has 174 valence electrons. The van der Waals surface area contributed by atoms with Crippen LogP contribution in [0.15, 0.2) is 59.6 Å². The number of ether oxygens (including phenoxy) is 1. The fourth-order valence-electron chi connectivity index (χ4n) is 4.15. The van der Waals surface area contributed by atoms with Gasteiger partial charge in [-0.05, 0) is 43.5 Å². The first-order chi connectivity index (χ1) is 16.4. The first kappa shape index (κ1) is 23.0. The molecule has 0 aliphatic carbocycles. The highest BCUT2D eigenvalue weighted by molar-refractivity contribution is 8.00. The maximum atomic E-state index is 12.8. The van der Waals surface area contributed by atoms with Gasteiger partial charge in [-0.3, -0.25) is 4.79 Å². The number of thiophene rings is 1. The number of aromatic nitrogens is 2. The van der Waals surface area contributed by atoms with Gasteiger partial charge in [-0.2, -0.15) is 0 Å². The summed E-state index contributed by atoms with van der Waals surface area (Å²) < 4.78 is 6.05. The zero-order valence-corrected chi connectivity index (χ0v) is 21.2. The third-order valence-corrected chi connectivity index (χ3v) is 7.98. The van der Waals surface area contributed by atoms with Crippen LogP contribution in [0.25, 0.3) is 10.2 Å². The van der Waals surface area contributed by atoms with Crippen molar-refractivity contribution in [2.24, 2.45) is 0 Å². The monoisotopic (exact) mass is 489 g/mol. The molecule has 0 radical (unpaired) electrons. The molecule has 1 N–H and O–H groups in total. The molecule has 0 atom stereocenters. The molecule has 5 nitrogen and oxygen atoms in total. The number of hydrogen-bond donors (Lipinski definition) is 1. The molecule has 0 unspecified atom stereocenters. The topological polar surface area (TPSA) is 64.1 Å². The maximum absolute atomic E-state index is 12.8. The number of thioether (sulfide) groups is 1. The van der Waals surface area contributed by atoms with Crippen LogP contribution in [0.4, 0.5) is 5.69 Å². The van der Waals surface area contributed by atoms with Crippen LogP contribution in [0.1, 0.15) is 41.2 Å². The predicted molar refractivity (Wildman–Crippen MR) is 140 cm³/mol. The molecule has 0 saturated heterocycles. The summed E-state index contributed by atoms with van der Waals surface area (Å²) in [6.07, 6.45) is 1.47. The summed E-state index contributed by atoms with van der Waals surface area (Å²) >= 11 is 3.18. The van der Waals surface area contributed by atoms with Crippen molar-refractivity contribution in [3.63, 3.8) is 0 Å². The number of amides is 1. The van der Waals surface area contributed by atoms with Gasteiger partial charge in [0.05, 0.1) is 18.0 Å². The Hall–Kier alpha value is -2.74. The van der Waals surface area contributed by atoms with Crippen LogP contribution in [0.2, 0.25) is 0 Å². The summed E-state index contributed by atoms with van der Waals surface area (Å²) in [4.78, 5) is 24.9. The highest BCUT2D eigenvalue weighted by atomic mass is 32.2. The van der Waals surface area contributed by atoms with Crippen LogP contribution in [0.3, 0.4) is 0 Å². The van der Waals surface area contributed by atoms with E-state index in [0.29, 0.717) is 13.0 Å². The minimum absolute atomic E-state index is 0.0385. The fraction of sp³-hybridized carbons (Fsp3) is 0.296. The Balaban J connectivity index is 1.47. The Morgan fingerprint density at radius 3 is 2.68 bits per heavy atom. The summed E-state index contributed by atoms with van der Waals surface area (Å²) in [5, 5.41) is 5.00. The molecule has 2 aromatic heterocycles. The van der Waals surface area contributed by atoms with Crippen molar-refractivity contribution >= 4 is 44.9 Å². The first-order valence-electron chi connectivity index (χ1n) is 11.4. The van der Waals surface area contributed by atoms with Crippen LogP contribution >= 0.6 is 23.1 Å². The van der Waals surface area contributed by atoms with E-state index in [1.165, 1.54) is 27.8 Å². The van der Waals surface area contributed by atoms with E-state index in [-0.39, 0.29) is 17.3 Å². The van der Waals surface area contributed by atoms with E-state index in [1.807, 2.05) is 49.4 Å². The van der Waals surface area contributed by atoms with Gasteiger partial charge in [-0.15, -0.1) is 11.3 Å². The largest absolute Gasteiger partial charge is 0.370 e. The number of aryl methyl sites for hydroxylation is 1. The third-order valence-electron chi connectivity index (χ3n) is 5.91. The standard InChI is InChI=1S/C27H27N3O2S2/c1-17-9-7-8-12-20(17)28-23(31)16-33-25-24-19-14-27(2,3)32-15-21(19)34-26(24)30-22(29-25)13-18-10-5-4-6-11-18/h4-12H,13-16H2,1-3H3,(H,28,31). The van der Waals surface area contributed by atoms with Crippen molar-refractivity contribution in [1.29, 1.82) is 0 Å². The molecular weight excluding hydrogens is 462 g/mol. The summed E-state index contributed by atoms with van der Waals surface area (Å²) in [6, 6.07) is 18.1. The highest BCUT2D eigenvalue weighted by Crippen LogP contribution is 2.41. The van der Waals surface area contributed by atoms with Gasteiger partial charge >= 0.3 is 0 Å². The summed E-state index contributed by atoms with van der Waals surface area (Å²) in [5.74, 6) is 1.03. The van der Waals surface area contributed by atoms with E-state index >= 15 is 0 Å². The van der Waals surface area contributed by atoms with Gasteiger partial charge in [-0.1, -0.05) is 60.3 Å². The second-order valence-corrected chi connectivity index (χ2v) is 11.2. The Kier molecular flexibility index (Phi) is 6.42. The van der Waals surface area contributed by atoms with Crippen LogP contribution in [-0.4, -0.2) is 27.2 Å². The molecule has 4 aromatic rings. The summed E-state index contributed by atoms with van der Waals surface area (Å²) in [5.41, 5.74) is 4.10. The lowest BCUT2D eigenvalue weighted by molar-refractivity contribution is -0.113. The lowest BCUT2D eigenvalue weighted by Gasteiger charge is -2.30. The number of carbonyl (C=O) groups is 1. The van der Waals surface area contributed by atoms with Gasteiger partial charge in [0.15, 0.2) is 0 Å². The SMILES string of the molecule is Cc1ccccc1NC(=O)CSc1nc(Cc2ccccc2)nc2sc3c(c12)CC(C)(C)OC3. The number of hydrogen-bond acceptors (Lipinski definition) is 6. The molecule has 0 saturated carbocycles. The molecule has 7 heteroatoms. The molecule has 3 heterocycles. The van der Waals surface area contributed by atoms with E-state index in [2.05, 4.69) is 31.3 Å². The lowest BCUT2D eigenvalue weighted by Crippen LogP contribution is -2.31. The van der Waals surface area contributed by atoms with Crippen LogP contribution in [0.5, 0.6) is 0 Å². The average molecular weight is 490 g/mol. The zero-order valence-electron chi connectivity index (χ0n) is 19.6. The van der Waals surface area contributed by atoms with Crippen LogP contribution in [-0.2, 0) is 29.0 Å². The number of nitrogens with zero attached hydrogens (tertiary/aromatic N) is 2. The van der Waals surface area contributed by atoms with Crippen molar-refractivity contribution in [2.75, 3.05) is 11.1 Å². The molecule has 0 fully saturated rings. The van der Waals surface area contributed by atoms with Gasteiger partial charge in [0, 0.05) is 28.8 Å². The quantitative estimate of drug-likeness (QED) is 0.259. The van der Waals surface area contributed by atoms with Crippen molar-refractivity contribution in [3.05, 3.63) is 82.0 Å². The number of benzene rings is 2. The van der Waals surface area contributed by atoms with Crippen molar-refractivity contribution in [2.45, 2.75) is 50.8 Å². The fourth-order valence-corrected chi connectivity index (χ4v) is 6.21. The smallest absolute Gasteiger partial charge is 0.234 e. The molecular formula is C27H27N3O2S2. The Bertz CT molecular complexity index is 1350. The molecule has 2 aromatic carbocycles. The average Bonchev–Trinajstić information content (AvgIpc) is 3.16. The van der Waals surface area contributed by atoms with E-state index in [9.17, 15) is 4.79 Å². The number of carbonyl (C=O) groups excluding carboxylic acids is 1. The number of rotatable bonds is 6. The minimum atomic E-state index is -0.228. The number of anilines is 1. The normalized spacial score (nSPS) is 14.7. The van der Waals surface area contributed by atoms with Gasteiger partial charge in [0.2, 0.25) is 5.91 Å². The van der Waals surface area contributed by atoms with Gasteiger partial charge in [0.25, 0.3) is 0 Å². The van der Waals surface area contributed by atoms with Crippen molar-refractivity contribution in [1.82, 2.24) is 9.97 Å². The predicted octanol–water partition coefficient (Wildman–Crippen LogP) is 6.17. The highest BCUT2D eigenvalue weighted by Gasteiger charge is 2.31. The minimum Gasteiger partial charge on any atom is -0.370 e. The van der Waals surface area contributed by atoms with E-state index < -0.39 is 0 Å². The molecule has 1 aliphatic rings. The van der Waals surface area contributed by atoms with Crippen molar-refractivity contribution < 1.29 is 9.53 Å². The lowest BCUT2D eigenvalue weighted by atomic mass is 9.94. The first-order valence-corrected chi connectivity index (χ1v) is 13.2. The van der Waals surface area contributed by atoms with Gasteiger partial charge < -0.3 is 10.1 Å². The molecule has 5 rings (SSSR count). The zero-order chi connectivity index (χ0) is 23.7. The van der Waals surface area contributed by atoms with Crippen LogP contribution in [0, 0.1) is 6.92 Å². The number of fused-ring (bicyclic) bond motifs is 3. The Labute approximate surface area is 208 Å². The third kappa shape index (κ3) is 5.02. The van der Waals surface area contributed by atoms with Crippen molar-refractivity contribution in [3.8, 4) is 0 Å². The van der Waals surface area contributed by atoms with Gasteiger partial charge in [-0.25, -0.2) is 9.97 Å². The summed E-state index contributed by atoms with van der Waals surface area (Å²) in [7, 11) is 0. The van der Waals surface area contributed by atoms with Gasteiger partial charge in [0.1, 0.15) is 15.7 Å². The second-order valence-electron chi connectivity index (χ2n) is 9.17. The maximum Gasteiger partial charge on any atom is 0.234 e. The Morgan fingerprint density at radius 2 is 1.88 bits per heavy atom. The summed E-state index contributed by atoms with van der Waals surface area (Å²) in [6.45, 7) is 6.82. The van der Waals surface area contributed by atoms with E-state index in [1.54, 1.807) is 11.3 Å². The molecule has 1 amide bonds. The second kappa shape index (κ2) is 9.49. The molecule has 0 spiro atoms. The van der Waals surface area contributed by atoms with Crippen LogP contribution < -0.4 is 5.32 Å². The van der Waals surface area contributed by atoms with E-state index in [4.69, 9.17) is 14.7 Å². The number of nitrogens with one attached hydrogen (secondary N) is 1. The molecule has 0 bridgehead atoms. The Morgan fingerprint density at radius 1 is 1.12 bits per heavy atom.